The number of amides is 1. The Morgan fingerprint density at radius 3 is 2.89 bits per heavy atom. The molecule has 2 atom stereocenters. The van der Waals surface area contributed by atoms with Crippen LogP contribution in [0.3, 0.4) is 0 Å². The Morgan fingerprint density at radius 1 is 1.37 bits per heavy atom. The molecule has 2 rings (SSSR count). The summed E-state index contributed by atoms with van der Waals surface area (Å²) < 4.78 is 0. The van der Waals surface area contributed by atoms with E-state index in [1.165, 1.54) is 19.3 Å². The van der Waals surface area contributed by atoms with Crippen LogP contribution in [0, 0.1) is 18.8 Å². The zero-order valence-corrected chi connectivity index (χ0v) is 11.9. The van der Waals surface area contributed by atoms with Crippen molar-refractivity contribution in [1.29, 1.82) is 0 Å². The normalized spacial score (nSPS) is 22.4. The molecular formula is C16H24N2O. The molecule has 19 heavy (non-hydrogen) atoms. The van der Waals surface area contributed by atoms with Gasteiger partial charge >= 0.3 is 0 Å². The molecule has 0 aromatic heterocycles. The van der Waals surface area contributed by atoms with E-state index in [9.17, 15) is 4.79 Å². The van der Waals surface area contributed by atoms with Crippen LogP contribution in [-0.2, 0) is 4.79 Å². The molecule has 0 radical (unpaired) electrons. The Balaban J connectivity index is 1.67. The summed E-state index contributed by atoms with van der Waals surface area (Å²) in [6, 6.07) is 7.88. The number of carbonyl (C=O) groups excluding carboxylic acids is 1. The summed E-state index contributed by atoms with van der Waals surface area (Å²) in [4.78, 5) is 11.8. The fourth-order valence-corrected chi connectivity index (χ4v) is 2.83. The number of hydrogen-bond donors (Lipinski definition) is 2. The highest BCUT2D eigenvalue weighted by Crippen LogP contribution is 2.29. The van der Waals surface area contributed by atoms with Crippen LogP contribution >= 0.6 is 0 Å². The molecule has 0 saturated heterocycles. The lowest BCUT2D eigenvalue weighted by Crippen LogP contribution is -2.31. The minimum atomic E-state index is 0.0386. The average Bonchev–Trinajstić information content (AvgIpc) is 2.75. The molecule has 0 aliphatic heterocycles. The molecule has 1 amide bonds. The molecule has 1 aliphatic rings. The lowest BCUT2D eigenvalue weighted by molar-refractivity contribution is -0.115. The Bertz CT molecular complexity index is 431. The minimum Gasteiger partial charge on any atom is -0.325 e. The van der Waals surface area contributed by atoms with Gasteiger partial charge in [0.25, 0.3) is 0 Å². The van der Waals surface area contributed by atoms with Crippen LogP contribution in [0.2, 0.25) is 0 Å². The Labute approximate surface area is 115 Å². The van der Waals surface area contributed by atoms with E-state index in [1.54, 1.807) is 0 Å². The number of benzene rings is 1. The standard InChI is InChI=1S/C16H24N2O/c1-12-4-3-5-15(9-12)18-16(19)11-17-10-14-7-6-13(2)8-14/h3-5,9,13-14,17H,6-8,10-11H2,1-2H3,(H,18,19). The van der Waals surface area contributed by atoms with Crippen LogP contribution in [-0.4, -0.2) is 19.0 Å². The molecule has 2 unspecified atom stereocenters. The summed E-state index contributed by atoms with van der Waals surface area (Å²) in [7, 11) is 0. The van der Waals surface area contributed by atoms with E-state index in [0.717, 1.165) is 29.6 Å². The van der Waals surface area contributed by atoms with Gasteiger partial charge in [-0.05, 0) is 55.8 Å². The van der Waals surface area contributed by atoms with Crippen molar-refractivity contribution in [3.05, 3.63) is 29.8 Å². The molecular weight excluding hydrogens is 236 g/mol. The molecule has 1 fully saturated rings. The molecule has 0 heterocycles. The number of nitrogens with one attached hydrogen (secondary N) is 2. The van der Waals surface area contributed by atoms with Crippen LogP contribution in [0.1, 0.15) is 31.7 Å². The van der Waals surface area contributed by atoms with Crippen molar-refractivity contribution in [2.24, 2.45) is 11.8 Å². The molecule has 104 valence electrons. The predicted octanol–water partition coefficient (Wildman–Crippen LogP) is 2.96. The molecule has 1 aromatic rings. The number of carbonyl (C=O) groups is 1. The van der Waals surface area contributed by atoms with Crippen LogP contribution in [0.25, 0.3) is 0 Å². The van der Waals surface area contributed by atoms with Gasteiger partial charge in [0.15, 0.2) is 0 Å². The van der Waals surface area contributed by atoms with Gasteiger partial charge in [-0.3, -0.25) is 4.79 Å². The van der Waals surface area contributed by atoms with Crippen LogP contribution < -0.4 is 10.6 Å². The largest absolute Gasteiger partial charge is 0.325 e. The molecule has 0 spiro atoms. The highest BCUT2D eigenvalue weighted by Gasteiger charge is 2.20. The van der Waals surface area contributed by atoms with Gasteiger partial charge in [0.05, 0.1) is 6.54 Å². The van der Waals surface area contributed by atoms with E-state index >= 15 is 0 Å². The van der Waals surface area contributed by atoms with Gasteiger partial charge in [-0.15, -0.1) is 0 Å². The molecule has 3 heteroatoms. The first-order valence-electron chi connectivity index (χ1n) is 7.20. The second-order valence-corrected chi connectivity index (χ2v) is 5.83. The molecule has 3 nitrogen and oxygen atoms in total. The van der Waals surface area contributed by atoms with Gasteiger partial charge in [-0.2, -0.15) is 0 Å². The second kappa shape index (κ2) is 6.71. The first-order valence-corrected chi connectivity index (χ1v) is 7.20. The van der Waals surface area contributed by atoms with Gasteiger partial charge < -0.3 is 10.6 Å². The minimum absolute atomic E-state index is 0.0386. The maximum absolute atomic E-state index is 11.8. The van der Waals surface area contributed by atoms with Gasteiger partial charge in [-0.25, -0.2) is 0 Å². The Hall–Kier alpha value is -1.35. The third kappa shape index (κ3) is 4.67. The van der Waals surface area contributed by atoms with E-state index in [0.29, 0.717) is 6.54 Å². The highest BCUT2D eigenvalue weighted by atomic mass is 16.1. The molecule has 1 saturated carbocycles. The van der Waals surface area contributed by atoms with E-state index in [4.69, 9.17) is 0 Å². The van der Waals surface area contributed by atoms with Crippen molar-refractivity contribution < 1.29 is 4.79 Å². The quantitative estimate of drug-likeness (QED) is 0.854. The smallest absolute Gasteiger partial charge is 0.238 e. The first-order chi connectivity index (χ1) is 9.13. The first kappa shape index (κ1) is 14.1. The van der Waals surface area contributed by atoms with E-state index in [1.807, 2.05) is 31.2 Å². The maximum atomic E-state index is 11.8. The molecule has 1 aromatic carbocycles. The summed E-state index contributed by atoms with van der Waals surface area (Å²) in [6.45, 7) is 5.70. The second-order valence-electron chi connectivity index (χ2n) is 5.83. The Kier molecular flexibility index (Phi) is 4.97. The zero-order chi connectivity index (χ0) is 13.7. The fourth-order valence-electron chi connectivity index (χ4n) is 2.83. The van der Waals surface area contributed by atoms with Crippen LogP contribution in [0.4, 0.5) is 5.69 Å². The monoisotopic (exact) mass is 260 g/mol. The average molecular weight is 260 g/mol. The lowest BCUT2D eigenvalue weighted by atomic mass is 10.1. The number of aryl methyl sites for hydroxylation is 1. The SMILES string of the molecule is Cc1cccc(NC(=O)CNCC2CCC(C)C2)c1. The Morgan fingerprint density at radius 2 is 2.21 bits per heavy atom. The molecule has 1 aliphatic carbocycles. The number of rotatable bonds is 5. The van der Waals surface area contributed by atoms with Crippen molar-refractivity contribution in [2.45, 2.75) is 33.1 Å². The van der Waals surface area contributed by atoms with Gasteiger partial charge in [0.2, 0.25) is 5.91 Å². The van der Waals surface area contributed by atoms with Gasteiger partial charge in [0.1, 0.15) is 0 Å². The van der Waals surface area contributed by atoms with Crippen LogP contribution in [0.5, 0.6) is 0 Å². The van der Waals surface area contributed by atoms with Crippen molar-refractivity contribution in [3.8, 4) is 0 Å². The fraction of sp³-hybridized carbons (Fsp3) is 0.562. The summed E-state index contributed by atoms with van der Waals surface area (Å²) in [5.74, 6) is 1.64. The molecule has 0 bridgehead atoms. The van der Waals surface area contributed by atoms with E-state index in [-0.39, 0.29) is 5.91 Å². The van der Waals surface area contributed by atoms with E-state index in [2.05, 4.69) is 17.6 Å². The third-order valence-corrected chi connectivity index (χ3v) is 3.82. The van der Waals surface area contributed by atoms with Crippen molar-refractivity contribution in [3.63, 3.8) is 0 Å². The van der Waals surface area contributed by atoms with Gasteiger partial charge in [0, 0.05) is 5.69 Å². The predicted molar refractivity (Wildman–Crippen MR) is 79.2 cm³/mol. The number of anilines is 1. The maximum Gasteiger partial charge on any atom is 0.238 e. The van der Waals surface area contributed by atoms with Crippen molar-refractivity contribution in [2.75, 3.05) is 18.4 Å². The van der Waals surface area contributed by atoms with Crippen LogP contribution in [0.15, 0.2) is 24.3 Å². The summed E-state index contributed by atoms with van der Waals surface area (Å²) in [5.41, 5.74) is 2.03. The van der Waals surface area contributed by atoms with Gasteiger partial charge in [-0.1, -0.05) is 25.5 Å². The lowest BCUT2D eigenvalue weighted by Gasteiger charge is -2.11. The summed E-state index contributed by atoms with van der Waals surface area (Å²) in [6.07, 6.45) is 3.93. The summed E-state index contributed by atoms with van der Waals surface area (Å²) in [5, 5.41) is 6.19. The van der Waals surface area contributed by atoms with E-state index < -0.39 is 0 Å². The third-order valence-electron chi connectivity index (χ3n) is 3.82. The topological polar surface area (TPSA) is 41.1 Å². The molecule has 2 N–H and O–H groups in total. The summed E-state index contributed by atoms with van der Waals surface area (Å²) >= 11 is 0. The number of hydrogen-bond acceptors (Lipinski definition) is 2. The highest BCUT2D eigenvalue weighted by molar-refractivity contribution is 5.92. The van der Waals surface area contributed by atoms with Crippen molar-refractivity contribution in [1.82, 2.24) is 5.32 Å². The van der Waals surface area contributed by atoms with Crippen molar-refractivity contribution >= 4 is 11.6 Å². The zero-order valence-electron chi connectivity index (χ0n) is 11.9.